The van der Waals surface area contributed by atoms with Crippen LogP contribution in [0.4, 0.5) is 0 Å². The standard InChI is InChI=1S/C19H24N2O5/c1-14-19(16(22)8-9-21(14)10-11-24-2)26-13-18(23)20-12-15-6-4-5-7-17(15)25-3/h4-9H,10-13H2,1-3H3,(H,20,23). The highest BCUT2D eigenvalue weighted by Crippen LogP contribution is 2.16. The monoisotopic (exact) mass is 360 g/mol. The van der Waals surface area contributed by atoms with Gasteiger partial charge in [-0.1, -0.05) is 18.2 Å². The predicted octanol–water partition coefficient (Wildman–Crippen LogP) is 1.51. The van der Waals surface area contributed by atoms with Gasteiger partial charge in [-0.3, -0.25) is 9.59 Å². The number of benzene rings is 1. The summed E-state index contributed by atoms with van der Waals surface area (Å²) >= 11 is 0. The van der Waals surface area contributed by atoms with Crippen LogP contribution in [0.1, 0.15) is 11.3 Å². The molecule has 0 radical (unpaired) electrons. The number of ether oxygens (including phenoxy) is 3. The molecule has 0 bridgehead atoms. The van der Waals surface area contributed by atoms with Crippen LogP contribution in [-0.4, -0.2) is 37.9 Å². The van der Waals surface area contributed by atoms with Crippen molar-refractivity contribution in [1.29, 1.82) is 0 Å². The number of amides is 1. The lowest BCUT2D eigenvalue weighted by atomic mass is 10.2. The summed E-state index contributed by atoms with van der Waals surface area (Å²) in [7, 11) is 3.19. The average Bonchev–Trinajstić information content (AvgIpc) is 2.65. The van der Waals surface area contributed by atoms with Crippen LogP contribution in [0.5, 0.6) is 11.5 Å². The Morgan fingerprint density at radius 3 is 2.69 bits per heavy atom. The first kappa shape index (κ1) is 19.5. The van der Waals surface area contributed by atoms with Crippen LogP contribution in [0.3, 0.4) is 0 Å². The molecule has 0 saturated heterocycles. The molecule has 7 heteroatoms. The van der Waals surface area contributed by atoms with E-state index in [4.69, 9.17) is 14.2 Å². The zero-order chi connectivity index (χ0) is 18.9. The van der Waals surface area contributed by atoms with Crippen molar-refractivity contribution in [3.63, 3.8) is 0 Å². The molecule has 0 spiro atoms. The van der Waals surface area contributed by atoms with Gasteiger partial charge in [-0.05, 0) is 13.0 Å². The van der Waals surface area contributed by atoms with E-state index in [0.717, 1.165) is 5.56 Å². The van der Waals surface area contributed by atoms with Gasteiger partial charge in [-0.2, -0.15) is 0 Å². The van der Waals surface area contributed by atoms with Gasteiger partial charge in [0.05, 0.1) is 19.4 Å². The molecule has 0 fully saturated rings. The van der Waals surface area contributed by atoms with E-state index < -0.39 is 0 Å². The topological polar surface area (TPSA) is 78.8 Å². The molecule has 2 rings (SSSR count). The van der Waals surface area contributed by atoms with E-state index in [0.29, 0.717) is 31.1 Å². The smallest absolute Gasteiger partial charge is 0.258 e. The first-order valence-corrected chi connectivity index (χ1v) is 8.27. The van der Waals surface area contributed by atoms with Gasteiger partial charge >= 0.3 is 0 Å². The molecule has 1 aromatic heterocycles. The lowest BCUT2D eigenvalue weighted by Gasteiger charge is -2.14. The highest BCUT2D eigenvalue weighted by molar-refractivity contribution is 5.77. The first-order chi connectivity index (χ1) is 12.6. The SMILES string of the molecule is COCCn1ccc(=O)c(OCC(=O)NCc2ccccc2OC)c1C. The van der Waals surface area contributed by atoms with Crippen LogP contribution in [0.2, 0.25) is 0 Å². The van der Waals surface area contributed by atoms with Crippen LogP contribution in [0.25, 0.3) is 0 Å². The molecule has 0 aliphatic heterocycles. The minimum atomic E-state index is -0.318. The van der Waals surface area contributed by atoms with Crippen LogP contribution in [0, 0.1) is 6.92 Å². The van der Waals surface area contributed by atoms with Gasteiger partial charge in [0.1, 0.15) is 5.75 Å². The van der Waals surface area contributed by atoms with Crippen molar-refractivity contribution >= 4 is 5.91 Å². The molecular weight excluding hydrogens is 336 g/mol. The van der Waals surface area contributed by atoms with Crippen molar-refractivity contribution in [3.05, 3.63) is 58.0 Å². The number of rotatable bonds is 9. The summed E-state index contributed by atoms with van der Waals surface area (Å²) in [5.74, 6) is 0.562. The summed E-state index contributed by atoms with van der Waals surface area (Å²) in [6, 6.07) is 8.85. The van der Waals surface area contributed by atoms with Crippen molar-refractivity contribution in [2.45, 2.75) is 20.0 Å². The van der Waals surface area contributed by atoms with E-state index in [9.17, 15) is 9.59 Å². The van der Waals surface area contributed by atoms with E-state index in [1.165, 1.54) is 6.07 Å². The third-order valence-corrected chi connectivity index (χ3v) is 3.94. The lowest BCUT2D eigenvalue weighted by molar-refractivity contribution is -0.123. The summed E-state index contributed by atoms with van der Waals surface area (Å²) < 4.78 is 17.6. The molecule has 0 atom stereocenters. The maximum Gasteiger partial charge on any atom is 0.258 e. The second kappa shape index (κ2) is 9.62. The number of carbonyl (C=O) groups excluding carboxylic acids is 1. The van der Waals surface area contributed by atoms with Gasteiger partial charge in [0, 0.05) is 38.0 Å². The fourth-order valence-corrected chi connectivity index (χ4v) is 2.49. The van der Waals surface area contributed by atoms with Crippen LogP contribution < -0.4 is 20.2 Å². The highest BCUT2D eigenvalue weighted by atomic mass is 16.5. The number of nitrogens with one attached hydrogen (secondary N) is 1. The Morgan fingerprint density at radius 2 is 1.96 bits per heavy atom. The van der Waals surface area contributed by atoms with E-state index in [2.05, 4.69) is 5.32 Å². The van der Waals surface area contributed by atoms with E-state index in [1.807, 2.05) is 28.8 Å². The van der Waals surface area contributed by atoms with Crippen molar-refractivity contribution in [1.82, 2.24) is 9.88 Å². The van der Waals surface area contributed by atoms with Gasteiger partial charge in [0.2, 0.25) is 5.43 Å². The largest absolute Gasteiger partial charge is 0.496 e. The number of hydrogen-bond donors (Lipinski definition) is 1. The number of aromatic nitrogens is 1. The summed E-state index contributed by atoms with van der Waals surface area (Å²) in [6.45, 7) is 2.97. The summed E-state index contributed by atoms with van der Waals surface area (Å²) in [5.41, 5.74) is 1.27. The number of nitrogens with zero attached hydrogens (tertiary/aromatic N) is 1. The van der Waals surface area contributed by atoms with Crippen molar-refractivity contribution < 1.29 is 19.0 Å². The van der Waals surface area contributed by atoms with E-state index in [-0.39, 0.29) is 23.7 Å². The number of methoxy groups -OCH3 is 2. The molecule has 26 heavy (non-hydrogen) atoms. The average molecular weight is 360 g/mol. The van der Waals surface area contributed by atoms with E-state index in [1.54, 1.807) is 27.3 Å². The molecule has 0 unspecified atom stereocenters. The molecule has 7 nitrogen and oxygen atoms in total. The molecule has 0 saturated carbocycles. The van der Waals surface area contributed by atoms with Crippen LogP contribution in [0.15, 0.2) is 41.3 Å². The molecule has 0 aliphatic carbocycles. The van der Waals surface area contributed by atoms with Crippen LogP contribution >= 0.6 is 0 Å². The van der Waals surface area contributed by atoms with Crippen molar-refractivity contribution in [3.8, 4) is 11.5 Å². The second-order valence-corrected chi connectivity index (χ2v) is 5.66. The van der Waals surface area contributed by atoms with Crippen molar-refractivity contribution in [2.75, 3.05) is 27.4 Å². The van der Waals surface area contributed by atoms with Gasteiger partial charge in [0.25, 0.3) is 5.91 Å². The van der Waals surface area contributed by atoms with Crippen LogP contribution in [-0.2, 0) is 22.6 Å². The summed E-state index contributed by atoms with van der Waals surface area (Å²) in [5, 5.41) is 2.76. The van der Waals surface area contributed by atoms with Crippen molar-refractivity contribution in [2.24, 2.45) is 0 Å². The summed E-state index contributed by atoms with van der Waals surface area (Å²) in [4.78, 5) is 24.1. The number of pyridine rings is 1. The molecule has 1 heterocycles. The molecule has 2 aromatic rings. The minimum absolute atomic E-state index is 0.177. The van der Waals surface area contributed by atoms with E-state index >= 15 is 0 Å². The quantitative estimate of drug-likeness (QED) is 0.733. The predicted molar refractivity (Wildman–Crippen MR) is 97.7 cm³/mol. The van der Waals surface area contributed by atoms with Gasteiger partial charge in [-0.25, -0.2) is 0 Å². The minimum Gasteiger partial charge on any atom is -0.496 e. The fraction of sp³-hybridized carbons (Fsp3) is 0.368. The Hall–Kier alpha value is -2.80. The maximum absolute atomic E-state index is 12.1. The Bertz CT molecular complexity index is 801. The second-order valence-electron chi connectivity index (χ2n) is 5.66. The number of hydrogen-bond acceptors (Lipinski definition) is 5. The Balaban J connectivity index is 1.95. The molecule has 1 amide bonds. The number of para-hydroxylation sites is 1. The third-order valence-electron chi connectivity index (χ3n) is 3.94. The van der Waals surface area contributed by atoms with Gasteiger partial charge < -0.3 is 24.1 Å². The molecule has 140 valence electrons. The maximum atomic E-state index is 12.1. The molecular formula is C19H24N2O5. The van der Waals surface area contributed by atoms with Gasteiger partial charge in [-0.15, -0.1) is 0 Å². The fourth-order valence-electron chi connectivity index (χ4n) is 2.49. The lowest BCUT2D eigenvalue weighted by Crippen LogP contribution is -2.30. The third kappa shape index (κ3) is 5.10. The summed E-state index contributed by atoms with van der Waals surface area (Å²) in [6.07, 6.45) is 1.69. The Labute approximate surface area is 152 Å². The zero-order valence-electron chi connectivity index (χ0n) is 15.3. The van der Waals surface area contributed by atoms with Gasteiger partial charge in [0.15, 0.2) is 12.4 Å². The molecule has 0 aliphatic rings. The molecule has 1 N–H and O–H groups in total. The Morgan fingerprint density at radius 1 is 1.19 bits per heavy atom. The normalized spacial score (nSPS) is 10.4. The zero-order valence-corrected chi connectivity index (χ0v) is 15.3. The highest BCUT2D eigenvalue weighted by Gasteiger charge is 2.11. The number of carbonyl (C=O) groups is 1. The first-order valence-electron chi connectivity index (χ1n) is 8.27. The Kier molecular flexibility index (Phi) is 7.23. The molecule has 1 aromatic carbocycles.